The summed E-state index contributed by atoms with van der Waals surface area (Å²) >= 11 is 20.2. The second-order valence-corrected chi connectivity index (χ2v) is 8.05. The fourth-order valence-corrected chi connectivity index (χ4v) is 3.15. The van der Waals surface area contributed by atoms with Gasteiger partial charge in [0, 0.05) is 21.5 Å². The maximum atomic E-state index is 12.1. The van der Waals surface area contributed by atoms with Crippen LogP contribution < -0.4 is 20.9 Å². The van der Waals surface area contributed by atoms with Crippen molar-refractivity contribution in [1.82, 2.24) is 16.2 Å². The fourth-order valence-electron chi connectivity index (χ4n) is 2.15. The monoisotopic (exact) mass is 517 g/mol. The van der Waals surface area contributed by atoms with Gasteiger partial charge in [0.1, 0.15) is 5.75 Å². The normalized spacial score (nSPS) is 10.2. The Morgan fingerprint density at radius 3 is 2.59 bits per heavy atom. The molecule has 0 saturated heterocycles. The molecule has 2 rings (SSSR count). The van der Waals surface area contributed by atoms with Gasteiger partial charge in [-0.1, -0.05) is 45.2 Å². The molecule has 2 aromatic carbocycles. The number of aryl methyl sites for hydroxylation is 1. The summed E-state index contributed by atoms with van der Waals surface area (Å²) in [6.07, 6.45) is 0.642. The molecule has 154 valence electrons. The van der Waals surface area contributed by atoms with Gasteiger partial charge < -0.3 is 10.1 Å². The van der Waals surface area contributed by atoms with Gasteiger partial charge in [0.05, 0.1) is 11.6 Å². The van der Waals surface area contributed by atoms with Crippen molar-refractivity contribution in [3.8, 4) is 5.75 Å². The maximum Gasteiger partial charge on any atom is 0.269 e. The van der Waals surface area contributed by atoms with Crippen LogP contribution in [0.25, 0.3) is 0 Å². The van der Waals surface area contributed by atoms with Crippen molar-refractivity contribution >= 4 is 68.3 Å². The minimum absolute atomic E-state index is 0.00353. The molecular weight excluding hydrogens is 501 g/mol. The molecule has 0 radical (unpaired) electrons. The molecule has 0 spiro atoms. The zero-order valence-corrected chi connectivity index (χ0v) is 19.3. The van der Waals surface area contributed by atoms with Crippen molar-refractivity contribution in [1.29, 1.82) is 0 Å². The third-order valence-corrected chi connectivity index (χ3v) is 5.27. The van der Waals surface area contributed by atoms with E-state index in [1.165, 1.54) is 0 Å². The van der Waals surface area contributed by atoms with Crippen LogP contribution in [0.1, 0.15) is 28.8 Å². The van der Waals surface area contributed by atoms with Crippen molar-refractivity contribution in [2.45, 2.75) is 19.8 Å². The van der Waals surface area contributed by atoms with Gasteiger partial charge in [-0.3, -0.25) is 20.4 Å². The van der Waals surface area contributed by atoms with Crippen molar-refractivity contribution < 1.29 is 14.3 Å². The zero-order chi connectivity index (χ0) is 21.4. The Morgan fingerprint density at radius 2 is 1.90 bits per heavy atom. The average molecular weight is 519 g/mol. The predicted octanol–water partition coefficient (Wildman–Crippen LogP) is 4.56. The summed E-state index contributed by atoms with van der Waals surface area (Å²) < 4.78 is 6.34. The quantitative estimate of drug-likeness (QED) is 0.297. The van der Waals surface area contributed by atoms with Crippen LogP contribution in [0, 0.1) is 6.92 Å². The molecule has 2 aromatic rings. The molecule has 0 aromatic heterocycles. The first-order valence-electron chi connectivity index (χ1n) is 8.50. The Labute approximate surface area is 192 Å². The van der Waals surface area contributed by atoms with E-state index in [9.17, 15) is 9.59 Å². The van der Waals surface area contributed by atoms with Crippen LogP contribution in [0.4, 0.5) is 0 Å². The molecule has 6 nitrogen and oxygen atoms in total. The number of nitrogens with one attached hydrogen (secondary N) is 3. The van der Waals surface area contributed by atoms with Crippen molar-refractivity contribution in [2.75, 3.05) is 6.61 Å². The Morgan fingerprint density at radius 1 is 1.14 bits per heavy atom. The molecule has 0 fully saturated rings. The molecule has 0 unspecified atom stereocenters. The van der Waals surface area contributed by atoms with E-state index in [0.717, 1.165) is 10.0 Å². The number of thiocarbonyl (C=S) groups is 1. The van der Waals surface area contributed by atoms with E-state index in [-0.39, 0.29) is 23.3 Å². The molecule has 2 amide bonds. The lowest BCUT2D eigenvalue weighted by Crippen LogP contribution is -2.48. The fraction of sp³-hybridized carbons (Fsp3) is 0.211. The summed E-state index contributed by atoms with van der Waals surface area (Å²) in [6, 6.07) is 10.1. The number of carbonyl (C=O) groups excluding carboxylic acids is 2. The van der Waals surface area contributed by atoms with Crippen LogP contribution >= 0.6 is 51.3 Å². The maximum absolute atomic E-state index is 12.1. The number of hydrogen-bond donors (Lipinski definition) is 3. The number of carbonyl (C=O) groups is 2. The highest BCUT2D eigenvalue weighted by Crippen LogP contribution is 2.27. The molecule has 0 saturated carbocycles. The van der Waals surface area contributed by atoms with Crippen molar-refractivity contribution in [3.05, 3.63) is 62.0 Å². The first kappa shape index (κ1) is 23.4. The van der Waals surface area contributed by atoms with Crippen LogP contribution in [0.15, 0.2) is 40.9 Å². The van der Waals surface area contributed by atoms with Gasteiger partial charge in [0.2, 0.25) is 5.91 Å². The topological polar surface area (TPSA) is 79.5 Å². The van der Waals surface area contributed by atoms with Gasteiger partial charge in [-0.15, -0.1) is 0 Å². The molecule has 10 heteroatoms. The summed E-state index contributed by atoms with van der Waals surface area (Å²) in [6.45, 7) is 2.22. The zero-order valence-electron chi connectivity index (χ0n) is 15.4. The van der Waals surface area contributed by atoms with Gasteiger partial charge in [0.25, 0.3) is 5.91 Å². The van der Waals surface area contributed by atoms with Crippen LogP contribution in [0.3, 0.4) is 0 Å². The highest BCUT2D eigenvalue weighted by atomic mass is 79.9. The lowest BCUT2D eigenvalue weighted by Gasteiger charge is -2.12. The number of amides is 2. The predicted molar refractivity (Wildman–Crippen MR) is 121 cm³/mol. The lowest BCUT2D eigenvalue weighted by atomic mass is 10.1. The van der Waals surface area contributed by atoms with Crippen LogP contribution in [-0.2, 0) is 4.79 Å². The van der Waals surface area contributed by atoms with Crippen LogP contribution in [0.5, 0.6) is 5.75 Å². The molecule has 0 aliphatic heterocycles. The van der Waals surface area contributed by atoms with E-state index in [4.69, 9.17) is 40.2 Å². The van der Waals surface area contributed by atoms with E-state index in [2.05, 4.69) is 32.1 Å². The number of rotatable bonds is 6. The Hall–Kier alpha value is -1.87. The highest BCUT2D eigenvalue weighted by Gasteiger charge is 2.09. The number of hydrogen-bond acceptors (Lipinski definition) is 4. The average Bonchev–Trinajstić information content (AvgIpc) is 2.66. The number of benzene rings is 2. The third-order valence-electron chi connectivity index (χ3n) is 3.68. The minimum Gasteiger partial charge on any atom is -0.492 e. The van der Waals surface area contributed by atoms with Gasteiger partial charge >= 0.3 is 0 Å². The molecule has 0 aliphatic carbocycles. The van der Waals surface area contributed by atoms with E-state index in [0.29, 0.717) is 34.4 Å². The molecule has 0 atom stereocenters. The van der Waals surface area contributed by atoms with Gasteiger partial charge in [-0.05, 0) is 61.5 Å². The van der Waals surface area contributed by atoms with E-state index >= 15 is 0 Å². The molecule has 29 heavy (non-hydrogen) atoms. The number of hydrazine groups is 1. The second kappa shape index (κ2) is 11.3. The van der Waals surface area contributed by atoms with Gasteiger partial charge in [-0.2, -0.15) is 0 Å². The number of halogens is 3. The second-order valence-electron chi connectivity index (χ2n) is 5.95. The Bertz CT molecular complexity index is 928. The van der Waals surface area contributed by atoms with Crippen LogP contribution in [-0.4, -0.2) is 23.5 Å². The summed E-state index contributed by atoms with van der Waals surface area (Å²) in [5.74, 6) is -0.185. The first-order chi connectivity index (χ1) is 13.8. The standard InChI is InChI=1S/C19H18BrCl2N3O3S/c1-11-4-5-12(9-14(11)20)18(27)24-25-19(29)23-17(26)3-2-8-28-16-7-6-13(21)10-15(16)22/h4-7,9-10H,2-3,8H2,1H3,(H,24,27)(H2,23,25,26,29). The van der Waals surface area contributed by atoms with Crippen molar-refractivity contribution in [2.24, 2.45) is 0 Å². The van der Waals surface area contributed by atoms with Gasteiger partial charge in [-0.25, -0.2) is 0 Å². The highest BCUT2D eigenvalue weighted by molar-refractivity contribution is 9.10. The Balaban J connectivity index is 1.67. The smallest absolute Gasteiger partial charge is 0.269 e. The third kappa shape index (κ3) is 7.81. The molecule has 0 aliphatic rings. The minimum atomic E-state index is -0.379. The lowest BCUT2D eigenvalue weighted by molar-refractivity contribution is -0.119. The summed E-state index contributed by atoms with van der Waals surface area (Å²) in [7, 11) is 0. The summed E-state index contributed by atoms with van der Waals surface area (Å²) in [4.78, 5) is 24.0. The van der Waals surface area contributed by atoms with E-state index < -0.39 is 0 Å². The number of ether oxygens (including phenoxy) is 1. The van der Waals surface area contributed by atoms with Gasteiger partial charge in [0.15, 0.2) is 5.11 Å². The van der Waals surface area contributed by atoms with Crippen molar-refractivity contribution in [3.63, 3.8) is 0 Å². The molecule has 0 heterocycles. The molecule has 3 N–H and O–H groups in total. The van der Waals surface area contributed by atoms with E-state index in [1.807, 2.05) is 13.0 Å². The Kier molecular flexibility index (Phi) is 9.16. The first-order valence-corrected chi connectivity index (χ1v) is 10.5. The van der Waals surface area contributed by atoms with E-state index in [1.54, 1.807) is 30.3 Å². The SMILES string of the molecule is Cc1ccc(C(=O)NNC(=S)NC(=O)CCCOc2ccc(Cl)cc2Cl)cc1Br. The largest absolute Gasteiger partial charge is 0.492 e. The summed E-state index contributed by atoms with van der Waals surface area (Å²) in [5, 5.41) is 3.40. The molecule has 0 bridgehead atoms. The molecular formula is C19H18BrCl2N3O3S. The summed E-state index contributed by atoms with van der Waals surface area (Å²) in [5.41, 5.74) is 6.39. The van der Waals surface area contributed by atoms with Crippen LogP contribution in [0.2, 0.25) is 10.0 Å².